The van der Waals surface area contributed by atoms with Crippen LogP contribution in [0.1, 0.15) is 12.1 Å². The van der Waals surface area contributed by atoms with E-state index in [2.05, 4.69) is 10.3 Å². The number of methoxy groups -OCH3 is 1. The van der Waals surface area contributed by atoms with Gasteiger partial charge in [-0.05, 0) is 30.3 Å². The maximum Gasteiger partial charge on any atom is 0.227 e. The van der Waals surface area contributed by atoms with E-state index in [1.165, 1.54) is 7.11 Å². The number of hydrogen-bond donors (Lipinski definition) is 1. The lowest BCUT2D eigenvalue weighted by Crippen LogP contribution is -2.32. The van der Waals surface area contributed by atoms with Gasteiger partial charge in [0.1, 0.15) is 5.75 Å². The fraction of sp³-hybridized carbons (Fsp3) is 0.278. The Morgan fingerprint density at radius 2 is 2.24 bits per heavy atom. The van der Waals surface area contributed by atoms with E-state index in [1.807, 2.05) is 18.2 Å². The molecule has 0 aliphatic carbocycles. The van der Waals surface area contributed by atoms with Crippen LogP contribution in [0.15, 0.2) is 42.6 Å². The fourth-order valence-corrected chi connectivity index (χ4v) is 3.03. The normalized spacial score (nSPS) is 16.8. The molecule has 3 rings (SSSR count). The van der Waals surface area contributed by atoms with Crippen LogP contribution in [0.2, 0.25) is 5.02 Å². The molecule has 7 heteroatoms. The standard InChI is InChI=1S/C18H18ClN3O3/c1-25-16-6-5-14(9-15(16)19)22-11-12(8-17(22)23)18(24)21-10-13-4-2-3-7-20-13/h2-7,9,12H,8,10-11H2,1H3,(H,21,24). The number of benzene rings is 1. The predicted octanol–water partition coefficient (Wildman–Crippen LogP) is 2.41. The number of rotatable bonds is 5. The zero-order valence-electron chi connectivity index (χ0n) is 13.7. The summed E-state index contributed by atoms with van der Waals surface area (Å²) in [6.45, 7) is 0.675. The molecule has 0 bridgehead atoms. The number of carbonyl (C=O) groups is 2. The largest absolute Gasteiger partial charge is 0.495 e. The molecule has 0 saturated carbocycles. The quantitative estimate of drug-likeness (QED) is 0.889. The molecule has 1 aromatic heterocycles. The highest BCUT2D eigenvalue weighted by Gasteiger charge is 2.35. The third-order valence-corrected chi connectivity index (χ3v) is 4.41. The van der Waals surface area contributed by atoms with Gasteiger partial charge in [-0.1, -0.05) is 17.7 Å². The zero-order valence-corrected chi connectivity index (χ0v) is 14.5. The molecule has 2 heterocycles. The highest BCUT2D eigenvalue weighted by atomic mass is 35.5. The van der Waals surface area contributed by atoms with Crippen LogP contribution in [0.3, 0.4) is 0 Å². The Morgan fingerprint density at radius 1 is 1.40 bits per heavy atom. The maximum atomic E-state index is 12.3. The van der Waals surface area contributed by atoms with Crippen LogP contribution in [0.4, 0.5) is 5.69 Å². The van der Waals surface area contributed by atoms with E-state index in [4.69, 9.17) is 16.3 Å². The Bertz CT molecular complexity index is 782. The highest BCUT2D eigenvalue weighted by Crippen LogP contribution is 2.32. The summed E-state index contributed by atoms with van der Waals surface area (Å²) in [4.78, 5) is 30.4. The number of anilines is 1. The molecule has 130 valence electrons. The summed E-state index contributed by atoms with van der Waals surface area (Å²) in [6.07, 6.45) is 1.85. The average molecular weight is 360 g/mol. The number of pyridine rings is 1. The van der Waals surface area contributed by atoms with Crippen molar-refractivity contribution in [3.8, 4) is 5.75 Å². The molecular weight excluding hydrogens is 342 g/mol. The summed E-state index contributed by atoms with van der Waals surface area (Å²) in [5.74, 6) is -0.0980. The topological polar surface area (TPSA) is 71.5 Å². The molecule has 1 unspecified atom stereocenters. The lowest BCUT2D eigenvalue weighted by molar-refractivity contribution is -0.126. The first-order valence-corrected chi connectivity index (χ1v) is 8.28. The molecule has 1 saturated heterocycles. The lowest BCUT2D eigenvalue weighted by atomic mass is 10.1. The average Bonchev–Trinajstić information content (AvgIpc) is 3.02. The van der Waals surface area contributed by atoms with E-state index in [1.54, 1.807) is 29.3 Å². The van der Waals surface area contributed by atoms with Crippen LogP contribution < -0.4 is 15.0 Å². The molecule has 0 spiro atoms. The van der Waals surface area contributed by atoms with E-state index in [9.17, 15) is 9.59 Å². The molecule has 1 aliphatic rings. The van der Waals surface area contributed by atoms with Gasteiger partial charge in [0.15, 0.2) is 0 Å². The zero-order chi connectivity index (χ0) is 17.8. The molecule has 2 amide bonds. The van der Waals surface area contributed by atoms with E-state index >= 15 is 0 Å². The van der Waals surface area contributed by atoms with Crippen LogP contribution in [0, 0.1) is 5.92 Å². The minimum Gasteiger partial charge on any atom is -0.495 e. The molecule has 1 N–H and O–H groups in total. The van der Waals surface area contributed by atoms with Crippen LogP contribution in [-0.2, 0) is 16.1 Å². The van der Waals surface area contributed by atoms with Crippen molar-refractivity contribution in [2.24, 2.45) is 5.92 Å². The summed E-state index contributed by atoms with van der Waals surface area (Å²) < 4.78 is 5.12. The number of nitrogens with zero attached hydrogens (tertiary/aromatic N) is 2. The van der Waals surface area contributed by atoms with E-state index in [-0.39, 0.29) is 18.2 Å². The molecule has 1 aliphatic heterocycles. The van der Waals surface area contributed by atoms with Crippen LogP contribution in [0.5, 0.6) is 5.75 Å². The highest BCUT2D eigenvalue weighted by molar-refractivity contribution is 6.32. The number of carbonyl (C=O) groups excluding carboxylic acids is 2. The van der Waals surface area contributed by atoms with Crippen molar-refractivity contribution < 1.29 is 14.3 Å². The lowest BCUT2D eigenvalue weighted by Gasteiger charge is -2.17. The van der Waals surface area contributed by atoms with Crippen molar-refractivity contribution in [1.29, 1.82) is 0 Å². The van der Waals surface area contributed by atoms with Crippen molar-refractivity contribution >= 4 is 29.1 Å². The molecule has 1 fully saturated rings. The van der Waals surface area contributed by atoms with Gasteiger partial charge in [-0.3, -0.25) is 14.6 Å². The van der Waals surface area contributed by atoms with Gasteiger partial charge in [-0.25, -0.2) is 0 Å². The van der Waals surface area contributed by atoms with Crippen LogP contribution >= 0.6 is 11.6 Å². The van der Waals surface area contributed by atoms with Gasteiger partial charge >= 0.3 is 0 Å². The third-order valence-electron chi connectivity index (χ3n) is 4.11. The second-order valence-electron chi connectivity index (χ2n) is 5.76. The van der Waals surface area contributed by atoms with Gasteiger partial charge in [-0.15, -0.1) is 0 Å². The predicted molar refractivity (Wildman–Crippen MR) is 94.5 cm³/mol. The first-order valence-electron chi connectivity index (χ1n) is 7.90. The number of halogens is 1. The smallest absolute Gasteiger partial charge is 0.227 e. The molecule has 2 aromatic rings. The van der Waals surface area contributed by atoms with Crippen molar-refractivity contribution in [2.75, 3.05) is 18.6 Å². The van der Waals surface area contributed by atoms with Gasteiger partial charge in [-0.2, -0.15) is 0 Å². The monoisotopic (exact) mass is 359 g/mol. The molecule has 0 radical (unpaired) electrons. The number of hydrogen-bond acceptors (Lipinski definition) is 4. The van der Waals surface area contributed by atoms with Crippen molar-refractivity contribution in [3.05, 3.63) is 53.3 Å². The maximum absolute atomic E-state index is 12.3. The summed E-state index contributed by atoms with van der Waals surface area (Å²) >= 11 is 6.12. The van der Waals surface area contributed by atoms with E-state index < -0.39 is 5.92 Å². The number of amides is 2. The summed E-state index contributed by atoms with van der Waals surface area (Å²) in [7, 11) is 1.53. The number of aromatic nitrogens is 1. The Balaban J connectivity index is 1.63. The first kappa shape index (κ1) is 17.2. The first-order chi connectivity index (χ1) is 12.1. The van der Waals surface area contributed by atoms with Gasteiger partial charge in [0.25, 0.3) is 0 Å². The molecule has 1 aromatic carbocycles. The van der Waals surface area contributed by atoms with Gasteiger partial charge < -0.3 is 15.0 Å². The molecular formula is C18H18ClN3O3. The fourth-order valence-electron chi connectivity index (χ4n) is 2.78. The minimum absolute atomic E-state index is 0.0979. The van der Waals surface area contributed by atoms with Crippen LogP contribution in [-0.4, -0.2) is 30.5 Å². The summed E-state index contributed by atoms with van der Waals surface area (Å²) in [6, 6.07) is 10.7. The van der Waals surface area contributed by atoms with E-state index in [0.717, 1.165) is 5.69 Å². The van der Waals surface area contributed by atoms with Crippen molar-refractivity contribution in [3.63, 3.8) is 0 Å². The van der Waals surface area contributed by atoms with E-state index in [0.29, 0.717) is 29.5 Å². The van der Waals surface area contributed by atoms with Crippen molar-refractivity contribution in [2.45, 2.75) is 13.0 Å². The number of nitrogens with one attached hydrogen (secondary N) is 1. The second kappa shape index (κ2) is 7.53. The van der Waals surface area contributed by atoms with Gasteiger partial charge in [0, 0.05) is 24.8 Å². The second-order valence-corrected chi connectivity index (χ2v) is 6.17. The third kappa shape index (κ3) is 3.91. The van der Waals surface area contributed by atoms with Crippen molar-refractivity contribution in [1.82, 2.24) is 10.3 Å². The Kier molecular flexibility index (Phi) is 5.19. The minimum atomic E-state index is -0.392. The van der Waals surface area contributed by atoms with Gasteiger partial charge in [0.2, 0.25) is 11.8 Å². The summed E-state index contributed by atoms with van der Waals surface area (Å²) in [5, 5.41) is 3.26. The summed E-state index contributed by atoms with van der Waals surface area (Å²) in [5.41, 5.74) is 1.44. The van der Waals surface area contributed by atoms with Crippen LogP contribution in [0.25, 0.3) is 0 Å². The molecule has 6 nitrogen and oxygen atoms in total. The SMILES string of the molecule is COc1ccc(N2CC(C(=O)NCc3ccccn3)CC2=O)cc1Cl. The van der Waals surface area contributed by atoms with Gasteiger partial charge in [0.05, 0.1) is 30.3 Å². The number of ether oxygens (including phenoxy) is 1. The Hall–Kier alpha value is -2.60. The Labute approximate surface area is 150 Å². The molecule has 1 atom stereocenters. The molecule has 25 heavy (non-hydrogen) atoms. The Morgan fingerprint density at radius 3 is 2.92 bits per heavy atom.